The molecule has 92 valence electrons. The van der Waals surface area contributed by atoms with Crippen molar-refractivity contribution >= 4 is 43.2 Å². The fourth-order valence-electron chi connectivity index (χ4n) is 2.21. The predicted octanol–water partition coefficient (Wildman–Crippen LogP) is 4.03. The molecule has 17 heavy (non-hydrogen) atoms. The number of nitro benzene ring substituents is 1. The maximum atomic E-state index is 11.0. The van der Waals surface area contributed by atoms with Crippen LogP contribution in [0, 0.1) is 17.0 Å². The first-order chi connectivity index (χ1) is 8.02. The van der Waals surface area contributed by atoms with Crippen LogP contribution in [0.5, 0.6) is 0 Å². The van der Waals surface area contributed by atoms with Gasteiger partial charge in [0.25, 0.3) is 5.69 Å². The summed E-state index contributed by atoms with van der Waals surface area (Å²) >= 11 is 6.63. The molecular formula is C11H12Br2N2O2. The van der Waals surface area contributed by atoms with Crippen molar-refractivity contribution in [1.82, 2.24) is 0 Å². The van der Waals surface area contributed by atoms with E-state index in [1.807, 2.05) is 13.0 Å². The molecule has 1 aliphatic rings. The lowest BCUT2D eigenvalue weighted by molar-refractivity contribution is -0.386. The van der Waals surface area contributed by atoms with Gasteiger partial charge in [-0.1, -0.05) is 0 Å². The van der Waals surface area contributed by atoms with Crippen LogP contribution in [0.2, 0.25) is 0 Å². The molecule has 1 fully saturated rings. The summed E-state index contributed by atoms with van der Waals surface area (Å²) in [6.07, 6.45) is 2.30. The number of aryl methyl sites for hydroxylation is 1. The Bertz CT molecular complexity index is 471. The number of nitrogens with zero attached hydrogens (tertiary/aromatic N) is 2. The van der Waals surface area contributed by atoms with E-state index in [2.05, 4.69) is 36.8 Å². The summed E-state index contributed by atoms with van der Waals surface area (Å²) in [5, 5.41) is 11.0. The minimum Gasteiger partial charge on any atom is -0.370 e. The Balaban J connectivity index is 2.58. The van der Waals surface area contributed by atoms with Gasteiger partial charge in [0.2, 0.25) is 0 Å². The summed E-state index contributed by atoms with van der Waals surface area (Å²) < 4.78 is 1.10. The maximum Gasteiger partial charge on any atom is 0.299 e. The molecule has 1 aromatic rings. The molecule has 0 atom stereocenters. The molecule has 0 radical (unpaired) electrons. The fraction of sp³-hybridized carbons (Fsp3) is 0.455. The first-order valence-electron chi connectivity index (χ1n) is 5.40. The van der Waals surface area contributed by atoms with Gasteiger partial charge in [-0.25, -0.2) is 0 Å². The predicted molar refractivity (Wildman–Crippen MR) is 74.7 cm³/mol. The van der Waals surface area contributed by atoms with E-state index in [0.29, 0.717) is 8.95 Å². The largest absolute Gasteiger partial charge is 0.370 e. The normalized spacial score (nSPS) is 15.4. The van der Waals surface area contributed by atoms with Gasteiger partial charge in [0.05, 0.1) is 15.1 Å². The van der Waals surface area contributed by atoms with Crippen molar-refractivity contribution in [2.75, 3.05) is 18.0 Å². The molecule has 0 amide bonds. The van der Waals surface area contributed by atoms with E-state index < -0.39 is 0 Å². The van der Waals surface area contributed by atoms with Gasteiger partial charge >= 0.3 is 0 Å². The van der Waals surface area contributed by atoms with E-state index >= 15 is 0 Å². The summed E-state index contributed by atoms with van der Waals surface area (Å²) in [4.78, 5) is 12.9. The third-order valence-corrected chi connectivity index (χ3v) is 4.32. The summed E-state index contributed by atoms with van der Waals surface area (Å²) in [6.45, 7) is 3.92. The molecule has 6 heteroatoms. The van der Waals surface area contributed by atoms with Crippen molar-refractivity contribution in [3.63, 3.8) is 0 Å². The number of nitro groups is 1. The fourth-order valence-corrected chi connectivity index (χ4v) is 4.09. The lowest BCUT2D eigenvalue weighted by atomic mass is 10.1. The van der Waals surface area contributed by atoms with E-state index in [1.54, 1.807) is 0 Å². The molecule has 0 N–H and O–H groups in total. The lowest BCUT2D eigenvalue weighted by Gasteiger charge is -2.22. The molecule has 0 saturated carbocycles. The molecule has 0 spiro atoms. The van der Waals surface area contributed by atoms with Crippen molar-refractivity contribution in [2.45, 2.75) is 19.8 Å². The molecule has 1 aliphatic heterocycles. The van der Waals surface area contributed by atoms with E-state index in [4.69, 9.17) is 0 Å². The molecule has 0 aliphatic carbocycles. The molecule has 0 aromatic heterocycles. The van der Waals surface area contributed by atoms with Gasteiger partial charge in [0, 0.05) is 13.1 Å². The van der Waals surface area contributed by atoms with Crippen molar-refractivity contribution in [3.05, 3.63) is 30.7 Å². The molecule has 4 nitrogen and oxygen atoms in total. The minimum absolute atomic E-state index is 0.109. The van der Waals surface area contributed by atoms with Crippen LogP contribution < -0.4 is 4.90 Å². The van der Waals surface area contributed by atoms with Gasteiger partial charge in [0.1, 0.15) is 4.47 Å². The second-order valence-corrected chi connectivity index (χ2v) is 5.79. The minimum atomic E-state index is -0.354. The maximum absolute atomic E-state index is 11.0. The van der Waals surface area contributed by atoms with Crippen LogP contribution in [0.25, 0.3) is 0 Å². The molecular weight excluding hydrogens is 352 g/mol. The highest BCUT2D eigenvalue weighted by molar-refractivity contribution is 9.11. The zero-order valence-electron chi connectivity index (χ0n) is 9.37. The molecule has 2 rings (SSSR count). The number of anilines is 1. The Morgan fingerprint density at radius 1 is 1.35 bits per heavy atom. The lowest BCUT2D eigenvalue weighted by Crippen LogP contribution is -2.19. The van der Waals surface area contributed by atoms with E-state index in [1.165, 1.54) is 0 Å². The smallest absolute Gasteiger partial charge is 0.299 e. The number of halogens is 2. The van der Waals surface area contributed by atoms with Gasteiger partial charge in [-0.15, -0.1) is 0 Å². The zero-order valence-corrected chi connectivity index (χ0v) is 12.5. The SMILES string of the molecule is Cc1cc(Br)c([N+](=O)[O-])c(Br)c1N1CCCC1. The third kappa shape index (κ3) is 2.33. The third-order valence-electron chi connectivity index (χ3n) is 2.96. The van der Waals surface area contributed by atoms with Gasteiger partial charge in [0.15, 0.2) is 0 Å². The van der Waals surface area contributed by atoms with E-state index in [9.17, 15) is 10.1 Å². The van der Waals surface area contributed by atoms with Crippen LogP contribution in [0.4, 0.5) is 11.4 Å². The average molecular weight is 364 g/mol. The van der Waals surface area contributed by atoms with Gasteiger partial charge in [-0.3, -0.25) is 10.1 Å². The second-order valence-electron chi connectivity index (χ2n) is 4.14. The number of benzene rings is 1. The topological polar surface area (TPSA) is 46.4 Å². The summed E-state index contributed by atoms with van der Waals surface area (Å²) in [5.74, 6) is 0. The highest BCUT2D eigenvalue weighted by atomic mass is 79.9. The van der Waals surface area contributed by atoms with E-state index in [0.717, 1.165) is 37.2 Å². The number of hydrogen-bond donors (Lipinski definition) is 0. The van der Waals surface area contributed by atoms with Crippen LogP contribution in [-0.2, 0) is 0 Å². The Hall–Kier alpha value is -0.620. The summed E-state index contributed by atoms with van der Waals surface area (Å²) in [5.41, 5.74) is 2.12. The van der Waals surface area contributed by atoms with Gasteiger partial charge in [-0.2, -0.15) is 0 Å². The average Bonchev–Trinajstić information content (AvgIpc) is 2.69. The second kappa shape index (κ2) is 4.94. The monoisotopic (exact) mass is 362 g/mol. The van der Waals surface area contributed by atoms with Crippen molar-refractivity contribution < 1.29 is 4.92 Å². The zero-order chi connectivity index (χ0) is 12.6. The van der Waals surface area contributed by atoms with Crippen LogP contribution >= 0.6 is 31.9 Å². The Morgan fingerprint density at radius 2 is 1.94 bits per heavy atom. The molecule has 1 saturated heterocycles. The Kier molecular flexibility index (Phi) is 3.73. The van der Waals surface area contributed by atoms with Gasteiger partial charge < -0.3 is 4.90 Å². The summed E-state index contributed by atoms with van der Waals surface area (Å²) in [6, 6.07) is 1.82. The summed E-state index contributed by atoms with van der Waals surface area (Å²) in [7, 11) is 0. The highest BCUT2D eigenvalue weighted by Crippen LogP contribution is 2.43. The first-order valence-corrected chi connectivity index (χ1v) is 6.99. The van der Waals surface area contributed by atoms with Crippen molar-refractivity contribution in [3.8, 4) is 0 Å². The van der Waals surface area contributed by atoms with Crippen molar-refractivity contribution in [2.24, 2.45) is 0 Å². The van der Waals surface area contributed by atoms with Gasteiger partial charge in [-0.05, 0) is 63.3 Å². The van der Waals surface area contributed by atoms with Crippen molar-refractivity contribution in [1.29, 1.82) is 0 Å². The quantitative estimate of drug-likeness (QED) is 0.588. The molecule has 0 unspecified atom stereocenters. The van der Waals surface area contributed by atoms with Crippen LogP contribution in [-0.4, -0.2) is 18.0 Å². The number of hydrogen-bond acceptors (Lipinski definition) is 3. The van der Waals surface area contributed by atoms with Crippen LogP contribution in [0.1, 0.15) is 18.4 Å². The standard InChI is InChI=1S/C11H12Br2N2O2/c1-7-6-8(12)11(15(16)17)9(13)10(7)14-4-2-3-5-14/h6H,2-5H2,1H3. The molecule has 1 heterocycles. The molecule has 0 bridgehead atoms. The van der Waals surface area contributed by atoms with Crippen LogP contribution in [0.3, 0.4) is 0 Å². The first kappa shape index (κ1) is 12.8. The number of rotatable bonds is 2. The molecule has 1 aromatic carbocycles. The van der Waals surface area contributed by atoms with E-state index in [-0.39, 0.29) is 10.6 Å². The van der Waals surface area contributed by atoms with Crippen LogP contribution in [0.15, 0.2) is 15.0 Å². The Labute approximate surface area is 116 Å². The highest BCUT2D eigenvalue weighted by Gasteiger charge is 2.26. The Morgan fingerprint density at radius 3 is 2.47 bits per heavy atom.